The summed E-state index contributed by atoms with van der Waals surface area (Å²) in [6.07, 6.45) is 0. The third-order valence-electron chi connectivity index (χ3n) is 5.91. The molecule has 2 fully saturated rings. The van der Waals surface area contributed by atoms with Crippen LogP contribution in [0.1, 0.15) is 25.5 Å². The number of ether oxygens (including phenoxy) is 2. The molecule has 2 saturated heterocycles. The monoisotopic (exact) mass is 531 g/mol. The van der Waals surface area contributed by atoms with Crippen LogP contribution in [-0.4, -0.2) is 94.0 Å². The SMILES string of the molecule is CN=C(NCC(c1ccccc1)N1CCOCC1)NCC(C)(C)N1CCOCC1.I. The summed E-state index contributed by atoms with van der Waals surface area (Å²) in [5.74, 6) is 0.848. The third-order valence-corrected chi connectivity index (χ3v) is 5.91. The van der Waals surface area contributed by atoms with Crippen LogP contribution >= 0.6 is 24.0 Å². The Kier molecular flexibility index (Phi) is 10.8. The Labute approximate surface area is 198 Å². The van der Waals surface area contributed by atoms with E-state index < -0.39 is 0 Å². The Morgan fingerprint density at radius 2 is 1.60 bits per heavy atom. The van der Waals surface area contributed by atoms with E-state index in [1.165, 1.54) is 5.56 Å². The molecule has 2 aliphatic heterocycles. The lowest BCUT2D eigenvalue weighted by Crippen LogP contribution is -2.57. The van der Waals surface area contributed by atoms with E-state index >= 15 is 0 Å². The number of morpholine rings is 2. The van der Waals surface area contributed by atoms with E-state index in [1.807, 2.05) is 7.05 Å². The molecule has 7 nitrogen and oxygen atoms in total. The van der Waals surface area contributed by atoms with Crippen molar-refractivity contribution < 1.29 is 9.47 Å². The van der Waals surface area contributed by atoms with Gasteiger partial charge >= 0.3 is 0 Å². The highest BCUT2D eigenvalue weighted by Crippen LogP contribution is 2.21. The summed E-state index contributed by atoms with van der Waals surface area (Å²) < 4.78 is 11.0. The minimum Gasteiger partial charge on any atom is -0.379 e. The maximum absolute atomic E-state index is 5.55. The second-order valence-corrected chi connectivity index (χ2v) is 8.29. The van der Waals surface area contributed by atoms with Crippen LogP contribution in [0.3, 0.4) is 0 Å². The molecule has 0 aliphatic carbocycles. The molecule has 0 saturated carbocycles. The van der Waals surface area contributed by atoms with Crippen molar-refractivity contribution >= 4 is 29.9 Å². The van der Waals surface area contributed by atoms with Gasteiger partial charge in [0.25, 0.3) is 0 Å². The van der Waals surface area contributed by atoms with E-state index in [-0.39, 0.29) is 29.5 Å². The first-order chi connectivity index (χ1) is 14.1. The maximum atomic E-state index is 5.55. The van der Waals surface area contributed by atoms with Crippen LogP contribution in [0.2, 0.25) is 0 Å². The van der Waals surface area contributed by atoms with Crippen LogP contribution in [0.4, 0.5) is 0 Å². The molecule has 2 heterocycles. The molecule has 1 aromatic carbocycles. The van der Waals surface area contributed by atoms with E-state index in [4.69, 9.17) is 9.47 Å². The van der Waals surface area contributed by atoms with Gasteiger partial charge in [-0.2, -0.15) is 0 Å². The second kappa shape index (κ2) is 12.8. The van der Waals surface area contributed by atoms with Gasteiger partial charge in [0.2, 0.25) is 0 Å². The van der Waals surface area contributed by atoms with Crippen molar-refractivity contribution in [1.29, 1.82) is 0 Å². The van der Waals surface area contributed by atoms with Crippen LogP contribution in [0, 0.1) is 0 Å². The number of halogens is 1. The lowest BCUT2D eigenvalue weighted by Gasteiger charge is -2.41. The summed E-state index contributed by atoms with van der Waals surface area (Å²) in [7, 11) is 1.84. The third kappa shape index (κ3) is 7.33. The standard InChI is InChI=1S/C22H37N5O2.HI/c1-22(2,27-11-15-29-16-12-27)18-25-21(23-3)24-17-20(19-7-5-4-6-8-19)26-9-13-28-14-10-26;/h4-8,20H,9-18H2,1-3H3,(H2,23,24,25);1H. The molecule has 0 amide bonds. The predicted octanol–water partition coefficient (Wildman–Crippen LogP) is 1.95. The number of nitrogens with one attached hydrogen (secondary N) is 2. The Bertz CT molecular complexity index is 632. The van der Waals surface area contributed by atoms with Gasteiger partial charge in [-0.1, -0.05) is 30.3 Å². The molecule has 0 bridgehead atoms. The molecule has 30 heavy (non-hydrogen) atoms. The predicted molar refractivity (Wildman–Crippen MR) is 133 cm³/mol. The Balaban J connectivity index is 0.00000320. The van der Waals surface area contributed by atoms with E-state index in [2.05, 4.69) is 69.6 Å². The minimum atomic E-state index is 0. The Morgan fingerprint density at radius 1 is 1.00 bits per heavy atom. The molecule has 8 heteroatoms. The number of hydrogen-bond donors (Lipinski definition) is 2. The second-order valence-electron chi connectivity index (χ2n) is 8.29. The van der Waals surface area contributed by atoms with Crippen LogP contribution < -0.4 is 10.6 Å². The minimum absolute atomic E-state index is 0. The van der Waals surface area contributed by atoms with Crippen molar-refractivity contribution in [1.82, 2.24) is 20.4 Å². The molecule has 170 valence electrons. The fourth-order valence-electron chi connectivity index (χ4n) is 4.02. The average molecular weight is 531 g/mol. The fourth-order valence-corrected chi connectivity index (χ4v) is 4.02. The molecular weight excluding hydrogens is 493 g/mol. The molecule has 1 unspecified atom stereocenters. The fraction of sp³-hybridized carbons (Fsp3) is 0.682. The van der Waals surface area contributed by atoms with Crippen LogP contribution in [0.25, 0.3) is 0 Å². The van der Waals surface area contributed by atoms with Gasteiger partial charge in [-0.3, -0.25) is 14.8 Å². The molecule has 1 atom stereocenters. The summed E-state index contributed by atoms with van der Waals surface area (Å²) in [6, 6.07) is 11.0. The van der Waals surface area contributed by atoms with Gasteiger partial charge in [-0.05, 0) is 19.4 Å². The van der Waals surface area contributed by atoms with Gasteiger partial charge in [0.1, 0.15) is 0 Å². The van der Waals surface area contributed by atoms with Gasteiger partial charge in [0.15, 0.2) is 5.96 Å². The maximum Gasteiger partial charge on any atom is 0.191 e. The van der Waals surface area contributed by atoms with Gasteiger partial charge in [-0.15, -0.1) is 24.0 Å². The number of nitrogens with zero attached hydrogens (tertiary/aromatic N) is 3. The topological polar surface area (TPSA) is 61.4 Å². The van der Waals surface area contributed by atoms with Gasteiger partial charge < -0.3 is 20.1 Å². The number of aliphatic imine (C=N–C) groups is 1. The first-order valence-corrected chi connectivity index (χ1v) is 10.7. The number of rotatable bonds is 7. The first-order valence-electron chi connectivity index (χ1n) is 10.7. The molecule has 0 radical (unpaired) electrons. The van der Waals surface area contributed by atoms with Crippen molar-refractivity contribution in [2.24, 2.45) is 4.99 Å². The molecule has 2 N–H and O–H groups in total. The summed E-state index contributed by atoms with van der Waals surface area (Å²) in [5.41, 5.74) is 1.37. The smallest absolute Gasteiger partial charge is 0.191 e. The zero-order valence-corrected chi connectivity index (χ0v) is 20.9. The zero-order chi connectivity index (χ0) is 20.5. The summed E-state index contributed by atoms with van der Waals surface area (Å²) in [5, 5.41) is 7.08. The van der Waals surface area contributed by atoms with Gasteiger partial charge in [-0.25, -0.2) is 0 Å². The van der Waals surface area contributed by atoms with E-state index in [0.29, 0.717) is 6.04 Å². The Morgan fingerprint density at radius 3 is 2.20 bits per heavy atom. The highest BCUT2D eigenvalue weighted by molar-refractivity contribution is 14.0. The molecule has 2 aliphatic rings. The summed E-state index contributed by atoms with van der Waals surface area (Å²) in [6.45, 7) is 13.3. The quantitative estimate of drug-likeness (QED) is 0.319. The average Bonchev–Trinajstić information content (AvgIpc) is 2.78. The number of benzene rings is 1. The highest BCUT2D eigenvalue weighted by Gasteiger charge is 2.28. The van der Waals surface area contributed by atoms with Crippen molar-refractivity contribution in [3.05, 3.63) is 35.9 Å². The van der Waals surface area contributed by atoms with Crippen LogP contribution in [0.15, 0.2) is 35.3 Å². The molecule has 3 rings (SSSR count). The number of hydrogen-bond acceptors (Lipinski definition) is 5. The lowest BCUT2D eigenvalue weighted by atomic mass is 10.0. The van der Waals surface area contributed by atoms with E-state index in [1.54, 1.807) is 0 Å². The highest BCUT2D eigenvalue weighted by atomic mass is 127. The summed E-state index contributed by atoms with van der Waals surface area (Å²) >= 11 is 0. The normalized spacial score (nSPS) is 20.3. The number of guanidine groups is 1. The van der Waals surface area contributed by atoms with E-state index in [9.17, 15) is 0 Å². The van der Waals surface area contributed by atoms with Crippen LogP contribution in [0.5, 0.6) is 0 Å². The largest absolute Gasteiger partial charge is 0.379 e. The van der Waals surface area contributed by atoms with Crippen molar-refractivity contribution in [2.75, 3.05) is 72.7 Å². The summed E-state index contributed by atoms with van der Waals surface area (Å²) in [4.78, 5) is 9.44. The zero-order valence-electron chi connectivity index (χ0n) is 18.6. The molecular formula is C22H38IN5O2. The van der Waals surface area contributed by atoms with Gasteiger partial charge in [0.05, 0.1) is 32.5 Å². The van der Waals surface area contributed by atoms with Crippen molar-refractivity contribution in [3.63, 3.8) is 0 Å². The first kappa shape index (κ1) is 25.3. The lowest BCUT2D eigenvalue weighted by molar-refractivity contribution is -0.00836. The van der Waals surface area contributed by atoms with Gasteiger partial charge in [0, 0.05) is 51.9 Å². The van der Waals surface area contributed by atoms with Crippen molar-refractivity contribution in [3.8, 4) is 0 Å². The van der Waals surface area contributed by atoms with E-state index in [0.717, 1.165) is 71.7 Å². The van der Waals surface area contributed by atoms with Crippen molar-refractivity contribution in [2.45, 2.75) is 25.4 Å². The Hall–Kier alpha value is -0.940. The van der Waals surface area contributed by atoms with Crippen LogP contribution in [-0.2, 0) is 9.47 Å². The molecule has 0 spiro atoms. The molecule has 0 aromatic heterocycles. The molecule has 1 aromatic rings.